The number of carbonyl (C=O) groups excluding carboxylic acids is 2. The summed E-state index contributed by atoms with van der Waals surface area (Å²) in [6.07, 6.45) is 7.14. The first-order valence-corrected chi connectivity index (χ1v) is 9.19. The fourth-order valence-electron chi connectivity index (χ4n) is 2.97. The van der Waals surface area contributed by atoms with Crippen LogP contribution in [0.15, 0.2) is 30.6 Å². The normalized spacial score (nSPS) is 19.4. The second-order valence-electron chi connectivity index (χ2n) is 6.98. The van der Waals surface area contributed by atoms with E-state index in [-0.39, 0.29) is 6.54 Å². The van der Waals surface area contributed by atoms with Gasteiger partial charge >= 0.3 is 17.8 Å². The largest absolute Gasteiger partial charge is 0.492 e. The Hall–Kier alpha value is -2.61. The molecule has 2 aliphatic heterocycles. The number of pyridine rings is 1. The molecule has 1 saturated heterocycles. The van der Waals surface area contributed by atoms with E-state index in [1.807, 2.05) is 6.07 Å². The summed E-state index contributed by atoms with van der Waals surface area (Å²) in [5.41, 5.74) is 0.656. The molecule has 0 unspecified atom stereocenters. The van der Waals surface area contributed by atoms with Crippen LogP contribution in [-0.2, 0) is 19.1 Å². The average molecular weight is 375 g/mol. The Kier molecular flexibility index (Phi) is 5.95. The van der Waals surface area contributed by atoms with Crippen LogP contribution in [0.2, 0.25) is 0 Å². The van der Waals surface area contributed by atoms with Gasteiger partial charge < -0.3 is 19.5 Å². The second kappa shape index (κ2) is 8.39. The van der Waals surface area contributed by atoms with Crippen molar-refractivity contribution in [3.05, 3.63) is 30.6 Å². The van der Waals surface area contributed by atoms with Crippen LogP contribution in [0.4, 0.5) is 5.69 Å². The Morgan fingerprint density at radius 1 is 1.26 bits per heavy atom. The minimum atomic E-state index is -1.56. The van der Waals surface area contributed by atoms with Crippen LogP contribution >= 0.6 is 0 Å². The van der Waals surface area contributed by atoms with Crippen molar-refractivity contribution >= 4 is 17.6 Å². The summed E-state index contributed by atoms with van der Waals surface area (Å²) >= 11 is 0. The van der Waals surface area contributed by atoms with Crippen molar-refractivity contribution in [3.8, 4) is 5.75 Å². The zero-order valence-corrected chi connectivity index (χ0v) is 15.6. The van der Waals surface area contributed by atoms with Crippen LogP contribution < -0.4 is 15.0 Å². The molecule has 1 aromatic rings. The highest BCUT2D eigenvalue weighted by Gasteiger charge is 2.47. The van der Waals surface area contributed by atoms with Gasteiger partial charge in [0.15, 0.2) is 0 Å². The number of nitrogens with zero attached hydrogens (tertiary/aromatic N) is 2. The van der Waals surface area contributed by atoms with E-state index >= 15 is 0 Å². The predicted octanol–water partition coefficient (Wildman–Crippen LogP) is 1.62. The Morgan fingerprint density at radius 3 is 2.70 bits per heavy atom. The van der Waals surface area contributed by atoms with E-state index in [2.05, 4.69) is 24.1 Å². The Balaban J connectivity index is 1.87. The molecule has 1 N–H and O–H groups in total. The molecule has 3 rings (SSSR count). The van der Waals surface area contributed by atoms with Gasteiger partial charge in [-0.05, 0) is 25.3 Å². The lowest BCUT2D eigenvalue weighted by Gasteiger charge is -2.40. The first-order valence-electron chi connectivity index (χ1n) is 9.19. The first-order chi connectivity index (χ1) is 13.0. The molecule has 0 atom stereocenters. The molecular weight excluding hydrogens is 350 g/mol. The van der Waals surface area contributed by atoms with E-state index in [0.717, 1.165) is 25.0 Å². The van der Waals surface area contributed by atoms with E-state index in [9.17, 15) is 9.59 Å². The number of hydrogen-bond donors (Lipinski definition) is 1. The van der Waals surface area contributed by atoms with E-state index in [4.69, 9.17) is 14.2 Å². The van der Waals surface area contributed by atoms with E-state index in [1.165, 1.54) is 0 Å². The molecule has 2 aliphatic rings. The van der Waals surface area contributed by atoms with Crippen LogP contribution in [0.1, 0.15) is 26.7 Å². The third kappa shape index (κ3) is 4.77. The first kappa shape index (κ1) is 19.2. The van der Waals surface area contributed by atoms with Crippen LogP contribution in [0.25, 0.3) is 0 Å². The highest BCUT2D eigenvalue weighted by Crippen LogP contribution is 2.31. The number of nitrogens with one attached hydrogen (secondary N) is 1. The van der Waals surface area contributed by atoms with Crippen molar-refractivity contribution in [2.24, 2.45) is 5.92 Å². The molecule has 0 bridgehead atoms. The van der Waals surface area contributed by atoms with Crippen molar-refractivity contribution in [3.63, 3.8) is 0 Å². The summed E-state index contributed by atoms with van der Waals surface area (Å²) in [4.78, 5) is 30.0. The fourth-order valence-corrected chi connectivity index (χ4v) is 2.97. The highest BCUT2D eigenvalue weighted by molar-refractivity contribution is 5.93. The number of hydrogen-bond acceptors (Lipinski definition) is 8. The van der Waals surface area contributed by atoms with Crippen LogP contribution in [0.3, 0.4) is 0 Å². The van der Waals surface area contributed by atoms with Crippen molar-refractivity contribution in [1.82, 2.24) is 10.3 Å². The molecule has 1 spiro atoms. The molecule has 27 heavy (non-hydrogen) atoms. The van der Waals surface area contributed by atoms with Crippen LogP contribution in [0.5, 0.6) is 5.75 Å². The van der Waals surface area contributed by atoms with Crippen molar-refractivity contribution in [2.75, 3.05) is 31.1 Å². The van der Waals surface area contributed by atoms with Gasteiger partial charge in [-0.15, -0.1) is 0 Å². The van der Waals surface area contributed by atoms with Gasteiger partial charge in [-0.1, -0.05) is 13.8 Å². The summed E-state index contributed by atoms with van der Waals surface area (Å²) < 4.78 is 16.9. The zero-order chi connectivity index (χ0) is 19.3. The van der Waals surface area contributed by atoms with Gasteiger partial charge in [0.05, 0.1) is 31.2 Å². The molecule has 0 aromatic carbocycles. The Bertz CT molecular complexity index is 699. The lowest BCUT2D eigenvalue weighted by Crippen LogP contribution is -2.58. The lowest BCUT2D eigenvalue weighted by atomic mass is 10.1. The summed E-state index contributed by atoms with van der Waals surface area (Å²) in [6.45, 7) is 6.24. The van der Waals surface area contributed by atoms with E-state index in [1.54, 1.807) is 17.3 Å². The van der Waals surface area contributed by atoms with Gasteiger partial charge in [-0.25, -0.2) is 9.59 Å². The SMILES string of the molecule is CC(C)CCOc1cncc(N2CCCNCC23OC(=O)C=CC(=O)O3)c1. The van der Waals surface area contributed by atoms with Gasteiger partial charge in [-0.2, -0.15) is 0 Å². The topological polar surface area (TPSA) is 90.0 Å². The standard InChI is InChI=1S/C19H25N3O5/c1-14(2)6-9-25-16-10-15(11-21-12-16)22-8-3-7-20-13-19(22)26-17(23)4-5-18(24)27-19/h4-5,10-12,14,20H,3,6-9,13H2,1-2H3. The van der Waals surface area contributed by atoms with E-state index < -0.39 is 17.8 Å². The molecule has 146 valence electrons. The quantitative estimate of drug-likeness (QED) is 0.777. The predicted molar refractivity (Wildman–Crippen MR) is 98.1 cm³/mol. The van der Waals surface area contributed by atoms with Crippen molar-refractivity contribution in [1.29, 1.82) is 0 Å². The molecule has 0 aliphatic carbocycles. The number of esters is 2. The minimum Gasteiger partial charge on any atom is -0.492 e. The smallest absolute Gasteiger partial charge is 0.356 e. The molecule has 1 aromatic heterocycles. The molecule has 8 heteroatoms. The monoisotopic (exact) mass is 375 g/mol. The summed E-state index contributed by atoms with van der Waals surface area (Å²) in [5, 5.41) is 3.16. The average Bonchev–Trinajstić information content (AvgIpc) is 2.90. The number of anilines is 1. The van der Waals surface area contributed by atoms with Gasteiger partial charge in [0.25, 0.3) is 0 Å². The molecule has 0 amide bonds. The molecule has 0 saturated carbocycles. The second-order valence-corrected chi connectivity index (χ2v) is 6.98. The lowest BCUT2D eigenvalue weighted by molar-refractivity contribution is -0.217. The number of ether oxygens (including phenoxy) is 3. The minimum absolute atomic E-state index is 0.157. The Morgan fingerprint density at radius 2 is 2.00 bits per heavy atom. The molecule has 0 radical (unpaired) electrons. The summed E-state index contributed by atoms with van der Waals surface area (Å²) in [7, 11) is 0. The maximum atomic E-state index is 12.0. The Labute approximate surface area is 158 Å². The maximum Gasteiger partial charge on any atom is 0.356 e. The third-order valence-corrected chi connectivity index (χ3v) is 4.34. The van der Waals surface area contributed by atoms with Gasteiger partial charge in [-0.3, -0.25) is 9.88 Å². The van der Waals surface area contributed by atoms with Crippen LogP contribution in [0, 0.1) is 5.92 Å². The molecule has 3 heterocycles. The maximum absolute atomic E-state index is 12.0. The number of carbonyl (C=O) groups is 2. The third-order valence-electron chi connectivity index (χ3n) is 4.34. The molecule has 1 fully saturated rings. The van der Waals surface area contributed by atoms with Gasteiger partial charge in [0, 0.05) is 24.8 Å². The number of rotatable bonds is 5. The molecular formula is C19H25N3O5. The zero-order valence-electron chi connectivity index (χ0n) is 15.6. The van der Waals surface area contributed by atoms with Gasteiger partial charge in [0.2, 0.25) is 0 Å². The van der Waals surface area contributed by atoms with Gasteiger partial charge in [0.1, 0.15) is 5.75 Å². The van der Waals surface area contributed by atoms with Crippen LogP contribution in [-0.4, -0.2) is 49.1 Å². The fraction of sp³-hybridized carbons (Fsp3) is 0.526. The highest BCUT2D eigenvalue weighted by atomic mass is 16.8. The van der Waals surface area contributed by atoms with Crippen molar-refractivity contribution < 1.29 is 23.8 Å². The van der Waals surface area contributed by atoms with Crippen molar-refractivity contribution in [2.45, 2.75) is 32.6 Å². The molecule has 8 nitrogen and oxygen atoms in total. The summed E-state index contributed by atoms with van der Waals surface area (Å²) in [6, 6.07) is 1.82. The summed E-state index contributed by atoms with van der Waals surface area (Å²) in [5.74, 6) is -1.67. The van der Waals surface area contributed by atoms with E-state index in [0.29, 0.717) is 37.1 Å². The number of aromatic nitrogens is 1.